The first kappa shape index (κ1) is 20.2. The second kappa shape index (κ2) is 8.24. The van der Waals surface area contributed by atoms with E-state index in [1.807, 2.05) is 30.1 Å². The van der Waals surface area contributed by atoms with Crippen molar-refractivity contribution in [2.75, 3.05) is 7.11 Å². The molecule has 4 heteroatoms. The highest BCUT2D eigenvalue weighted by molar-refractivity contribution is 9.09. The molecular formula is C23H26BrNOS. The Morgan fingerprint density at radius 3 is 2.44 bits per heavy atom. The van der Waals surface area contributed by atoms with Gasteiger partial charge in [0, 0.05) is 11.1 Å². The molecule has 0 spiro atoms. The summed E-state index contributed by atoms with van der Waals surface area (Å²) in [6, 6.07) is 17.0. The van der Waals surface area contributed by atoms with Crippen molar-refractivity contribution in [3.05, 3.63) is 71.8 Å². The molecule has 2 aromatic carbocycles. The quantitative estimate of drug-likeness (QED) is 0.392. The van der Waals surface area contributed by atoms with Gasteiger partial charge in [-0.05, 0) is 47.2 Å². The van der Waals surface area contributed by atoms with Crippen LogP contribution in [0.3, 0.4) is 0 Å². The lowest BCUT2D eigenvalue weighted by atomic mass is 9.87. The van der Waals surface area contributed by atoms with Gasteiger partial charge in [0.25, 0.3) is 0 Å². The molecule has 0 amide bonds. The van der Waals surface area contributed by atoms with Gasteiger partial charge in [-0.3, -0.25) is 4.99 Å². The summed E-state index contributed by atoms with van der Waals surface area (Å²) in [6.07, 6.45) is 7.10. The maximum absolute atomic E-state index is 5.30. The maximum Gasteiger partial charge on any atom is 0.123 e. The van der Waals surface area contributed by atoms with E-state index < -0.39 is 0 Å². The van der Waals surface area contributed by atoms with Crippen LogP contribution in [0.15, 0.2) is 70.6 Å². The van der Waals surface area contributed by atoms with Gasteiger partial charge in [-0.15, -0.1) is 11.8 Å². The van der Waals surface area contributed by atoms with Gasteiger partial charge >= 0.3 is 0 Å². The third kappa shape index (κ3) is 4.67. The van der Waals surface area contributed by atoms with E-state index in [0.29, 0.717) is 0 Å². The van der Waals surface area contributed by atoms with Crippen LogP contribution >= 0.6 is 27.7 Å². The molecule has 2 unspecified atom stereocenters. The van der Waals surface area contributed by atoms with E-state index in [9.17, 15) is 0 Å². The van der Waals surface area contributed by atoms with Crippen molar-refractivity contribution >= 4 is 33.9 Å². The number of nitrogens with zero attached hydrogens (tertiary/aromatic N) is 1. The van der Waals surface area contributed by atoms with Crippen molar-refractivity contribution in [2.45, 2.75) is 47.2 Å². The summed E-state index contributed by atoms with van der Waals surface area (Å²) in [5.74, 6) is 0.881. The number of benzene rings is 2. The molecule has 1 aliphatic heterocycles. The van der Waals surface area contributed by atoms with Gasteiger partial charge in [0.05, 0.1) is 11.9 Å². The minimum absolute atomic E-state index is 0.00938. The fourth-order valence-corrected chi connectivity index (χ4v) is 5.56. The molecule has 27 heavy (non-hydrogen) atoms. The third-order valence-electron chi connectivity index (χ3n) is 4.72. The van der Waals surface area contributed by atoms with Gasteiger partial charge in [0.15, 0.2) is 0 Å². The van der Waals surface area contributed by atoms with E-state index in [4.69, 9.17) is 4.74 Å². The summed E-state index contributed by atoms with van der Waals surface area (Å²) < 4.78 is 5.11. The van der Waals surface area contributed by atoms with Crippen molar-refractivity contribution in [2.24, 2.45) is 4.99 Å². The number of hydrogen-bond donors (Lipinski definition) is 0. The SMILES string of the molecule is COc1ccc(CC2(Sc3ccccc3C(C)(C)C)C=CC=NC2Br)cc1. The number of aliphatic imine (C=N–C) groups is 1. The number of thioether (sulfide) groups is 1. The van der Waals surface area contributed by atoms with Crippen molar-refractivity contribution in [1.29, 1.82) is 0 Å². The summed E-state index contributed by atoms with van der Waals surface area (Å²) in [7, 11) is 1.70. The average molecular weight is 444 g/mol. The molecule has 0 saturated heterocycles. The minimum Gasteiger partial charge on any atom is -0.497 e. The summed E-state index contributed by atoms with van der Waals surface area (Å²) in [6.45, 7) is 6.80. The van der Waals surface area contributed by atoms with Crippen molar-refractivity contribution in [1.82, 2.24) is 0 Å². The lowest BCUT2D eigenvalue weighted by molar-refractivity contribution is 0.414. The summed E-state index contributed by atoms with van der Waals surface area (Å²) in [5, 5.41) is 0. The molecule has 0 aliphatic carbocycles. The van der Waals surface area contributed by atoms with E-state index >= 15 is 0 Å². The molecule has 2 atom stereocenters. The van der Waals surface area contributed by atoms with Crippen molar-refractivity contribution in [3.8, 4) is 5.75 Å². The van der Waals surface area contributed by atoms with E-state index in [1.54, 1.807) is 7.11 Å². The first-order valence-corrected chi connectivity index (χ1v) is 10.8. The first-order chi connectivity index (χ1) is 12.8. The molecule has 1 heterocycles. The highest BCUT2D eigenvalue weighted by atomic mass is 79.9. The van der Waals surface area contributed by atoms with E-state index in [-0.39, 0.29) is 15.1 Å². The van der Waals surface area contributed by atoms with Crippen LogP contribution in [0.25, 0.3) is 0 Å². The van der Waals surface area contributed by atoms with Crippen LogP contribution in [0.1, 0.15) is 31.9 Å². The predicted molar refractivity (Wildman–Crippen MR) is 121 cm³/mol. The molecule has 0 N–H and O–H groups in total. The zero-order chi connectivity index (χ0) is 19.5. The topological polar surface area (TPSA) is 21.6 Å². The van der Waals surface area contributed by atoms with Gasteiger partial charge < -0.3 is 4.74 Å². The van der Waals surface area contributed by atoms with E-state index in [0.717, 1.165) is 12.2 Å². The zero-order valence-corrected chi connectivity index (χ0v) is 18.7. The number of halogens is 1. The third-order valence-corrected chi connectivity index (χ3v) is 7.54. The molecule has 2 nitrogen and oxygen atoms in total. The number of hydrogen-bond acceptors (Lipinski definition) is 3. The molecule has 0 aromatic heterocycles. The molecule has 0 fully saturated rings. The fraction of sp³-hybridized carbons (Fsp3) is 0.348. The van der Waals surface area contributed by atoms with E-state index in [2.05, 4.69) is 90.2 Å². The summed E-state index contributed by atoms with van der Waals surface area (Å²) in [4.78, 5) is 5.98. The molecule has 1 aliphatic rings. The summed E-state index contributed by atoms with van der Waals surface area (Å²) in [5.41, 5.74) is 2.73. The monoisotopic (exact) mass is 443 g/mol. The smallest absolute Gasteiger partial charge is 0.123 e. The number of methoxy groups -OCH3 is 1. The Bertz CT molecular complexity index is 838. The van der Waals surface area contributed by atoms with Crippen LogP contribution in [-0.4, -0.2) is 23.0 Å². The molecule has 0 saturated carbocycles. The predicted octanol–water partition coefficient (Wildman–Crippen LogP) is 6.43. The number of ether oxygens (including phenoxy) is 1. The summed E-state index contributed by atoms with van der Waals surface area (Å²) >= 11 is 5.74. The average Bonchev–Trinajstić information content (AvgIpc) is 2.64. The van der Waals surface area contributed by atoms with Crippen LogP contribution in [-0.2, 0) is 11.8 Å². The number of dihydropyridines is 1. The molecule has 2 aromatic rings. The largest absolute Gasteiger partial charge is 0.497 e. The lowest BCUT2D eigenvalue weighted by Gasteiger charge is -2.36. The zero-order valence-electron chi connectivity index (χ0n) is 16.3. The Morgan fingerprint density at radius 2 is 1.81 bits per heavy atom. The van der Waals surface area contributed by atoms with Gasteiger partial charge in [-0.2, -0.15) is 0 Å². The number of rotatable bonds is 5. The van der Waals surface area contributed by atoms with Crippen LogP contribution in [0.4, 0.5) is 0 Å². The lowest BCUT2D eigenvalue weighted by Crippen LogP contribution is -2.36. The normalized spacial score (nSPS) is 22.0. The number of allylic oxidation sites excluding steroid dienone is 1. The molecule has 3 rings (SSSR count). The minimum atomic E-state index is -0.190. The van der Waals surface area contributed by atoms with Gasteiger partial charge in [0.2, 0.25) is 0 Å². The molecule has 0 radical (unpaired) electrons. The van der Waals surface area contributed by atoms with Gasteiger partial charge in [-0.25, -0.2) is 0 Å². The molecule has 0 bridgehead atoms. The van der Waals surface area contributed by atoms with Crippen LogP contribution in [0.5, 0.6) is 5.75 Å². The highest BCUT2D eigenvalue weighted by Crippen LogP contribution is 2.47. The Kier molecular flexibility index (Phi) is 6.17. The Hall–Kier alpha value is -1.52. The van der Waals surface area contributed by atoms with Gasteiger partial charge in [-0.1, -0.05) is 73.1 Å². The first-order valence-electron chi connectivity index (χ1n) is 9.11. The second-order valence-electron chi connectivity index (χ2n) is 7.82. The standard InChI is InChI=1S/C23H26BrNOS/c1-22(2,3)19-8-5-6-9-20(19)27-23(14-7-15-25-21(23)24)16-17-10-12-18(26-4)13-11-17/h5-15,21H,16H2,1-4H3. The maximum atomic E-state index is 5.30. The fourth-order valence-electron chi connectivity index (χ4n) is 3.24. The Morgan fingerprint density at radius 1 is 1.11 bits per heavy atom. The second-order valence-corrected chi connectivity index (χ2v) is 10.1. The van der Waals surface area contributed by atoms with Crippen molar-refractivity contribution in [3.63, 3.8) is 0 Å². The molecular weight excluding hydrogens is 418 g/mol. The number of alkyl halides is 1. The van der Waals surface area contributed by atoms with Gasteiger partial charge in [0.1, 0.15) is 10.7 Å². The highest BCUT2D eigenvalue weighted by Gasteiger charge is 2.38. The van der Waals surface area contributed by atoms with Crippen LogP contribution in [0, 0.1) is 0 Å². The van der Waals surface area contributed by atoms with E-state index in [1.165, 1.54) is 16.0 Å². The van der Waals surface area contributed by atoms with Crippen LogP contribution in [0.2, 0.25) is 0 Å². The Labute approximate surface area is 175 Å². The Balaban J connectivity index is 1.97. The van der Waals surface area contributed by atoms with Crippen molar-refractivity contribution < 1.29 is 4.74 Å². The van der Waals surface area contributed by atoms with Crippen LogP contribution < -0.4 is 4.74 Å². The molecule has 142 valence electrons.